The summed E-state index contributed by atoms with van der Waals surface area (Å²) in [4.78, 5) is 0. The molecule has 0 saturated heterocycles. The fourth-order valence-electron chi connectivity index (χ4n) is 4.46. The maximum absolute atomic E-state index is 12.9. The molecule has 0 bridgehead atoms. The molecular formula is C18H34F2O2. The Bertz CT molecular complexity index is 301. The van der Waals surface area contributed by atoms with Crippen LogP contribution < -0.4 is 0 Å². The number of rotatable bonds is 9. The molecule has 1 rings (SSSR count). The molecule has 1 aliphatic carbocycles. The summed E-state index contributed by atoms with van der Waals surface area (Å²) >= 11 is 0. The van der Waals surface area contributed by atoms with E-state index in [9.17, 15) is 8.78 Å². The van der Waals surface area contributed by atoms with Gasteiger partial charge in [0.05, 0.1) is 13.2 Å². The second kappa shape index (κ2) is 9.17. The minimum Gasteiger partial charge on any atom is -0.384 e. The van der Waals surface area contributed by atoms with E-state index < -0.39 is 6.43 Å². The minimum absolute atomic E-state index is 0.0670. The van der Waals surface area contributed by atoms with E-state index in [4.69, 9.17) is 9.47 Å². The first-order chi connectivity index (χ1) is 10.4. The monoisotopic (exact) mass is 320 g/mol. The van der Waals surface area contributed by atoms with Crippen LogP contribution >= 0.6 is 0 Å². The molecule has 0 radical (unpaired) electrons. The van der Waals surface area contributed by atoms with Gasteiger partial charge in [-0.1, -0.05) is 27.2 Å². The van der Waals surface area contributed by atoms with E-state index in [-0.39, 0.29) is 11.8 Å². The van der Waals surface area contributed by atoms with Gasteiger partial charge < -0.3 is 9.47 Å². The lowest BCUT2D eigenvalue weighted by Gasteiger charge is -2.49. The third-order valence-corrected chi connectivity index (χ3v) is 5.53. The molecule has 0 amide bonds. The van der Waals surface area contributed by atoms with Crippen molar-refractivity contribution in [2.75, 3.05) is 27.4 Å². The van der Waals surface area contributed by atoms with Crippen LogP contribution in [0.15, 0.2) is 0 Å². The van der Waals surface area contributed by atoms with Crippen LogP contribution in [0, 0.1) is 29.1 Å². The molecule has 1 saturated carbocycles. The first-order valence-electron chi connectivity index (χ1n) is 8.62. The van der Waals surface area contributed by atoms with Gasteiger partial charge in [0.1, 0.15) is 0 Å². The predicted octanol–water partition coefficient (Wildman–Crippen LogP) is 5.02. The largest absolute Gasteiger partial charge is 0.384 e. The molecule has 2 nitrogen and oxygen atoms in total. The summed E-state index contributed by atoms with van der Waals surface area (Å²) in [7, 11) is 3.34. The summed E-state index contributed by atoms with van der Waals surface area (Å²) in [6.45, 7) is 7.81. The van der Waals surface area contributed by atoms with Crippen molar-refractivity contribution in [1.82, 2.24) is 0 Å². The Kier molecular flexibility index (Phi) is 8.26. The summed E-state index contributed by atoms with van der Waals surface area (Å²) < 4.78 is 36.7. The number of methoxy groups -OCH3 is 2. The molecule has 1 fully saturated rings. The van der Waals surface area contributed by atoms with E-state index >= 15 is 0 Å². The Balaban J connectivity index is 3.06. The van der Waals surface area contributed by atoms with Gasteiger partial charge in [0, 0.05) is 26.1 Å². The maximum Gasteiger partial charge on any atom is 0.238 e. The van der Waals surface area contributed by atoms with Crippen molar-refractivity contribution in [3.8, 4) is 0 Å². The smallest absolute Gasteiger partial charge is 0.238 e. The van der Waals surface area contributed by atoms with E-state index in [2.05, 4.69) is 20.8 Å². The zero-order chi connectivity index (χ0) is 16.8. The molecule has 0 aromatic heterocycles. The van der Waals surface area contributed by atoms with Crippen molar-refractivity contribution >= 4 is 0 Å². The molecule has 0 aliphatic heterocycles. The third kappa shape index (κ3) is 5.16. The Morgan fingerprint density at radius 3 is 2.14 bits per heavy atom. The van der Waals surface area contributed by atoms with Gasteiger partial charge in [-0.15, -0.1) is 0 Å². The summed E-state index contributed by atoms with van der Waals surface area (Å²) in [5.41, 5.74) is -0.288. The Morgan fingerprint density at radius 2 is 1.68 bits per heavy atom. The SMILES string of the molecule is COCC(CCC(F)F)(COC)C1CC(C)CCC1C(C)C. The highest BCUT2D eigenvalue weighted by atomic mass is 19.3. The van der Waals surface area contributed by atoms with Crippen LogP contribution in [0.5, 0.6) is 0 Å². The topological polar surface area (TPSA) is 18.5 Å². The lowest BCUT2D eigenvalue weighted by molar-refractivity contribution is -0.0862. The number of hydrogen-bond donors (Lipinski definition) is 0. The Labute approximate surface area is 134 Å². The second-order valence-electron chi connectivity index (χ2n) is 7.59. The molecule has 0 heterocycles. The number of hydrogen-bond acceptors (Lipinski definition) is 2. The van der Waals surface area contributed by atoms with Gasteiger partial charge >= 0.3 is 0 Å². The first kappa shape index (κ1) is 19.8. The van der Waals surface area contributed by atoms with Crippen LogP contribution in [-0.2, 0) is 9.47 Å². The average Bonchev–Trinajstić information content (AvgIpc) is 2.44. The lowest BCUT2D eigenvalue weighted by atomic mass is 9.58. The van der Waals surface area contributed by atoms with Gasteiger partial charge in [-0.3, -0.25) is 0 Å². The fourth-order valence-corrected chi connectivity index (χ4v) is 4.46. The second-order valence-corrected chi connectivity index (χ2v) is 7.59. The molecule has 132 valence electrons. The Morgan fingerprint density at radius 1 is 1.09 bits per heavy atom. The van der Waals surface area contributed by atoms with Crippen molar-refractivity contribution in [2.45, 2.75) is 59.3 Å². The van der Waals surface area contributed by atoms with Crippen LogP contribution in [0.4, 0.5) is 8.78 Å². The van der Waals surface area contributed by atoms with Gasteiger partial charge in [-0.2, -0.15) is 0 Å². The van der Waals surface area contributed by atoms with E-state index in [0.717, 1.165) is 6.42 Å². The van der Waals surface area contributed by atoms with Gasteiger partial charge in [-0.05, 0) is 42.9 Å². The van der Waals surface area contributed by atoms with Crippen LogP contribution in [0.25, 0.3) is 0 Å². The van der Waals surface area contributed by atoms with Crippen molar-refractivity contribution in [3.63, 3.8) is 0 Å². The number of halogens is 2. The fraction of sp³-hybridized carbons (Fsp3) is 1.00. The summed E-state index contributed by atoms with van der Waals surface area (Å²) in [5.74, 6) is 2.19. The van der Waals surface area contributed by atoms with Crippen LogP contribution in [0.3, 0.4) is 0 Å². The van der Waals surface area contributed by atoms with E-state index in [0.29, 0.717) is 43.3 Å². The lowest BCUT2D eigenvalue weighted by Crippen LogP contribution is -2.46. The predicted molar refractivity (Wildman–Crippen MR) is 86.3 cm³/mol. The molecular weight excluding hydrogens is 286 g/mol. The summed E-state index contributed by atoms with van der Waals surface area (Å²) in [5, 5.41) is 0. The standard InChI is InChI=1S/C18H34F2O2/c1-13(2)15-7-6-14(3)10-16(15)18(11-21-4,12-22-5)9-8-17(19)20/h13-17H,6-12H2,1-5H3. The van der Waals surface area contributed by atoms with Crippen molar-refractivity contribution in [2.24, 2.45) is 29.1 Å². The number of alkyl halides is 2. The van der Waals surface area contributed by atoms with Crippen LogP contribution in [0.1, 0.15) is 52.9 Å². The molecule has 0 N–H and O–H groups in total. The van der Waals surface area contributed by atoms with Crippen molar-refractivity contribution in [1.29, 1.82) is 0 Å². The first-order valence-corrected chi connectivity index (χ1v) is 8.62. The molecule has 3 unspecified atom stereocenters. The zero-order valence-corrected chi connectivity index (χ0v) is 14.9. The third-order valence-electron chi connectivity index (χ3n) is 5.53. The molecule has 0 aromatic carbocycles. The van der Waals surface area contributed by atoms with E-state index in [1.54, 1.807) is 14.2 Å². The van der Waals surface area contributed by atoms with E-state index in [1.807, 2.05) is 0 Å². The quantitative estimate of drug-likeness (QED) is 0.594. The van der Waals surface area contributed by atoms with Crippen LogP contribution in [0.2, 0.25) is 0 Å². The Hall–Kier alpha value is -0.220. The average molecular weight is 320 g/mol. The van der Waals surface area contributed by atoms with Crippen molar-refractivity contribution < 1.29 is 18.3 Å². The molecule has 4 heteroatoms. The minimum atomic E-state index is -2.26. The van der Waals surface area contributed by atoms with Gasteiger partial charge in [0.2, 0.25) is 6.43 Å². The van der Waals surface area contributed by atoms with Gasteiger partial charge in [0.15, 0.2) is 0 Å². The summed E-state index contributed by atoms with van der Waals surface area (Å²) in [6, 6.07) is 0. The molecule has 0 spiro atoms. The maximum atomic E-state index is 12.9. The molecule has 1 aliphatic rings. The van der Waals surface area contributed by atoms with Gasteiger partial charge in [0.25, 0.3) is 0 Å². The zero-order valence-electron chi connectivity index (χ0n) is 14.9. The number of ether oxygens (including phenoxy) is 2. The highest BCUT2D eigenvalue weighted by Crippen LogP contribution is 2.49. The van der Waals surface area contributed by atoms with Crippen molar-refractivity contribution in [3.05, 3.63) is 0 Å². The molecule has 22 heavy (non-hydrogen) atoms. The highest BCUT2D eigenvalue weighted by Gasteiger charge is 2.46. The van der Waals surface area contributed by atoms with Gasteiger partial charge in [-0.25, -0.2) is 8.78 Å². The molecule has 0 aromatic rings. The normalized spacial score (nSPS) is 26.9. The van der Waals surface area contributed by atoms with Crippen LogP contribution in [-0.4, -0.2) is 33.9 Å². The van der Waals surface area contributed by atoms with E-state index in [1.165, 1.54) is 12.8 Å². The molecule has 3 atom stereocenters. The highest BCUT2D eigenvalue weighted by molar-refractivity contribution is 4.94. The summed E-state index contributed by atoms with van der Waals surface area (Å²) in [6.07, 6.45) is 1.68.